The van der Waals surface area contributed by atoms with Gasteiger partial charge in [0.05, 0.1) is 6.61 Å². The molecule has 0 bridgehead atoms. The molecule has 1 saturated heterocycles. The zero-order chi connectivity index (χ0) is 19.6. The molecule has 0 N–H and O–H groups in total. The molecular weight excluding hydrogens is 400 g/mol. The van der Waals surface area contributed by atoms with Crippen molar-refractivity contribution in [1.29, 1.82) is 0 Å². The molecule has 1 fully saturated rings. The first-order valence-electron chi connectivity index (χ1n) is 8.79. The lowest BCUT2D eigenvalue weighted by Crippen LogP contribution is -2.44. The number of ketones is 1. The molecule has 1 aromatic rings. The molecule has 26 heavy (non-hydrogen) atoms. The van der Waals surface area contributed by atoms with Crippen LogP contribution in [0, 0.1) is 23.7 Å². The number of carbonyl (C=O) groups excluding carboxylic acids is 3. The second kappa shape index (κ2) is 7.91. The van der Waals surface area contributed by atoms with Gasteiger partial charge in [0.15, 0.2) is 11.7 Å². The first kappa shape index (κ1) is 20.6. The number of Topliss-reactive ketones (excluding diaryl/α,β-unsaturated/α-hetero) is 1. The minimum Gasteiger partial charge on any atom is -0.465 e. The fourth-order valence-corrected chi connectivity index (χ4v) is 4.00. The number of halogens is 1. The largest absolute Gasteiger partial charge is 0.465 e. The maximum absolute atomic E-state index is 13.3. The summed E-state index contributed by atoms with van der Waals surface area (Å²) < 4.78 is 11.4. The van der Waals surface area contributed by atoms with Crippen LogP contribution in [0.15, 0.2) is 28.7 Å². The molecule has 0 aliphatic carbocycles. The fourth-order valence-electron chi connectivity index (χ4n) is 3.74. The Hall–Kier alpha value is -1.69. The second-order valence-corrected chi connectivity index (χ2v) is 8.34. The van der Waals surface area contributed by atoms with Gasteiger partial charge in [-0.2, -0.15) is 0 Å². The Morgan fingerprint density at radius 3 is 2.31 bits per heavy atom. The van der Waals surface area contributed by atoms with Crippen molar-refractivity contribution in [2.45, 2.75) is 40.2 Å². The molecule has 6 heteroatoms. The molecule has 3 atom stereocenters. The van der Waals surface area contributed by atoms with Crippen molar-refractivity contribution in [2.24, 2.45) is 23.7 Å². The van der Waals surface area contributed by atoms with Crippen LogP contribution >= 0.6 is 15.9 Å². The Balaban J connectivity index is 2.47. The van der Waals surface area contributed by atoms with E-state index >= 15 is 0 Å². The van der Waals surface area contributed by atoms with Gasteiger partial charge in [0.1, 0.15) is 5.60 Å². The van der Waals surface area contributed by atoms with E-state index in [0.29, 0.717) is 5.56 Å². The molecule has 0 radical (unpaired) electrons. The Labute approximate surface area is 162 Å². The minimum absolute atomic E-state index is 0.0816. The van der Waals surface area contributed by atoms with Crippen molar-refractivity contribution in [2.75, 3.05) is 6.61 Å². The average molecular weight is 425 g/mol. The summed E-state index contributed by atoms with van der Waals surface area (Å²) in [4.78, 5) is 38.1. The third kappa shape index (κ3) is 4.00. The highest BCUT2D eigenvalue weighted by Crippen LogP contribution is 2.46. The molecule has 1 heterocycles. The lowest BCUT2D eigenvalue weighted by atomic mass is 9.67. The van der Waals surface area contributed by atoms with Crippen LogP contribution in [0.2, 0.25) is 0 Å². The maximum atomic E-state index is 13.3. The van der Waals surface area contributed by atoms with Crippen molar-refractivity contribution < 1.29 is 23.9 Å². The number of hydrogen-bond acceptors (Lipinski definition) is 5. The summed E-state index contributed by atoms with van der Waals surface area (Å²) in [6.07, 6.45) is 0. The normalized spacial score (nSPS) is 22.8. The molecule has 1 aliphatic heterocycles. The summed E-state index contributed by atoms with van der Waals surface area (Å²) in [5.41, 5.74) is -0.390. The van der Waals surface area contributed by atoms with Crippen molar-refractivity contribution in [3.05, 3.63) is 34.3 Å². The summed E-state index contributed by atoms with van der Waals surface area (Å²) >= 11 is 3.36. The van der Waals surface area contributed by atoms with Gasteiger partial charge in [-0.25, -0.2) is 0 Å². The van der Waals surface area contributed by atoms with E-state index in [2.05, 4.69) is 15.9 Å². The van der Waals surface area contributed by atoms with E-state index in [1.807, 2.05) is 13.8 Å². The number of rotatable bonds is 6. The molecule has 2 rings (SSSR count). The molecular formula is C20H25BrO5. The van der Waals surface area contributed by atoms with E-state index in [4.69, 9.17) is 9.47 Å². The summed E-state index contributed by atoms with van der Waals surface area (Å²) in [7, 11) is 0. The number of cyclic esters (lactones) is 1. The van der Waals surface area contributed by atoms with Crippen molar-refractivity contribution >= 4 is 33.7 Å². The highest BCUT2D eigenvalue weighted by atomic mass is 79.9. The fraction of sp³-hybridized carbons (Fsp3) is 0.550. The highest BCUT2D eigenvalue weighted by Gasteiger charge is 2.59. The van der Waals surface area contributed by atoms with Gasteiger partial charge in [-0.1, -0.05) is 41.9 Å². The zero-order valence-electron chi connectivity index (χ0n) is 15.7. The van der Waals surface area contributed by atoms with Gasteiger partial charge in [0.2, 0.25) is 0 Å². The smallest absolute Gasteiger partial charge is 0.321 e. The molecule has 1 aliphatic rings. The van der Waals surface area contributed by atoms with E-state index < -0.39 is 35.3 Å². The lowest BCUT2D eigenvalue weighted by molar-refractivity contribution is -0.157. The quantitative estimate of drug-likeness (QED) is 0.391. The van der Waals surface area contributed by atoms with Crippen LogP contribution in [-0.2, 0) is 19.1 Å². The van der Waals surface area contributed by atoms with Gasteiger partial charge in [-0.15, -0.1) is 0 Å². The average Bonchev–Trinajstić information content (AvgIpc) is 2.77. The minimum atomic E-state index is -1.09. The second-order valence-electron chi connectivity index (χ2n) is 7.42. The zero-order valence-corrected chi connectivity index (χ0v) is 17.3. The van der Waals surface area contributed by atoms with E-state index in [1.54, 1.807) is 45.0 Å². The molecule has 0 saturated carbocycles. The lowest BCUT2D eigenvalue weighted by Gasteiger charge is -2.35. The topological polar surface area (TPSA) is 69.7 Å². The third-order valence-corrected chi connectivity index (χ3v) is 5.39. The maximum Gasteiger partial charge on any atom is 0.321 e. The highest BCUT2D eigenvalue weighted by molar-refractivity contribution is 9.10. The van der Waals surface area contributed by atoms with Crippen LogP contribution in [0.25, 0.3) is 0 Å². The van der Waals surface area contributed by atoms with Crippen LogP contribution in [-0.4, -0.2) is 29.9 Å². The number of ether oxygens (including phenoxy) is 2. The Morgan fingerprint density at radius 1 is 1.23 bits per heavy atom. The molecule has 0 aromatic heterocycles. The van der Waals surface area contributed by atoms with Gasteiger partial charge in [-0.05, 0) is 38.8 Å². The molecule has 0 unspecified atom stereocenters. The first-order valence-corrected chi connectivity index (χ1v) is 9.58. The predicted octanol–water partition coefficient (Wildman–Crippen LogP) is 4.03. The number of carbonyl (C=O) groups is 3. The Morgan fingerprint density at radius 2 is 1.81 bits per heavy atom. The van der Waals surface area contributed by atoms with Crippen molar-refractivity contribution in [3.8, 4) is 0 Å². The summed E-state index contributed by atoms with van der Waals surface area (Å²) in [6, 6.07) is 7.08. The van der Waals surface area contributed by atoms with Crippen LogP contribution in [0.1, 0.15) is 45.0 Å². The SMILES string of the molecule is CCOC(=O)[C@H]1C(=O)OC(C)(C)[C@H]1[C@@H](C(=O)c1ccc(Br)cc1)C(C)C. The molecule has 5 nitrogen and oxygen atoms in total. The monoisotopic (exact) mass is 424 g/mol. The number of hydrogen-bond donors (Lipinski definition) is 0. The van der Waals surface area contributed by atoms with Crippen LogP contribution in [0.5, 0.6) is 0 Å². The van der Waals surface area contributed by atoms with Gasteiger partial charge in [0, 0.05) is 21.9 Å². The van der Waals surface area contributed by atoms with E-state index in [-0.39, 0.29) is 18.3 Å². The molecule has 0 amide bonds. The molecule has 142 valence electrons. The van der Waals surface area contributed by atoms with Gasteiger partial charge in [0.25, 0.3) is 0 Å². The van der Waals surface area contributed by atoms with E-state index in [9.17, 15) is 14.4 Å². The van der Waals surface area contributed by atoms with Crippen LogP contribution < -0.4 is 0 Å². The van der Waals surface area contributed by atoms with E-state index in [1.165, 1.54) is 0 Å². The van der Waals surface area contributed by atoms with Gasteiger partial charge in [-0.3, -0.25) is 14.4 Å². The Kier molecular flexibility index (Phi) is 6.27. The summed E-state index contributed by atoms with van der Waals surface area (Å²) in [6.45, 7) is 9.19. The van der Waals surface area contributed by atoms with Gasteiger partial charge < -0.3 is 9.47 Å². The Bertz CT molecular complexity index is 693. The van der Waals surface area contributed by atoms with Crippen LogP contribution in [0.4, 0.5) is 0 Å². The first-order chi connectivity index (χ1) is 12.1. The molecule has 1 aromatic carbocycles. The van der Waals surface area contributed by atoms with E-state index in [0.717, 1.165) is 4.47 Å². The predicted molar refractivity (Wildman–Crippen MR) is 101 cm³/mol. The third-order valence-electron chi connectivity index (χ3n) is 4.86. The summed E-state index contributed by atoms with van der Waals surface area (Å²) in [5.74, 6) is -3.65. The number of esters is 2. The standard InChI is InChI=1S/C20H25BrO5/c1-6-25-18(23)15-16(20(4,5)26-19(15)24)14(11(2)3)17(22)12-7-9-13(21)10-8-12/h7-11,14-16H,6H2,1-5H3/t14-,15-,16-/m0/s1. The van der Waals surface area contributed by atoms with Crippen molar-refractivity contribution in [1.82, 2.24) is 0 Å². The summed E-state index contributed by atoms with van der Waals surface area (Å²) in [5, 5.41) is 0. The van der Waals surface area contributed by atoms with Gasteiger partial charge >= 0.3 is 11.9 Å². The van der Waals surface area contributed by atoms with Crippen LogP contribution in [0.3, 0.4) is 0 Å². The molecule has 0 spiro atoms. The number of benzene rings is 1. The van der Waals surface area contributed by atoms with Crippen molar-refractivity contribution in [3.63, 3.8) is 0 Å².